The van der Waals surface area contributed by atoms with Crippen LogP contribution >= 0.6 is 0 Å². The maximum atomic E-state index is 14.6. The van der Waals surface area contributed by atoms with E-state index in [9.17, 15) is 39.5 Å². The molecule has 37 heavy (non-hydrogen) atoms. The fourth-order valence-electron chi connectivity index (χ4n) is 3.75. The van der Waals surface area contributed by atoms with E-state index >= 15 is 0 Å². The Hall–Kier alpha value is -2.73. The molecule has 0 unspecified atom stereocenters. The molecule has 3 nitrogen and oxygen atoms in total. The Labute approximate surface area is 206 Å². The van der Waals surface area contributed by atoms with E-state index < -0.39 is 64.8 Å². The summed E-state index contributed by atoms with van der Waals surface area (Å²) in [5.74, 6) is -7.92. The molecule has 12 heteroatoms. The Morgan fingerprint density at radius 2 is 1.43 bits per heavy atom. The minimum Gasteiger partial charge on any atom is -0.429 e. The van der Waals surface area contributed by atoms with E-state index in [-0.39, 0.29) is 42.9 Å². The van der Waals surface area contributed by atoms with Crippen LogP contribution in [0.4, 0.5) is 39.5 Å². The van der Waals surface area contributed by atoms with Crippen LogP contribution in [-0.2, 0) is 15.6 Å². The minimum atomic E-state index is -4.88. The van der Waals surface area contributed by atoms with E-state index in [2.05, 4.69) is 11.7 Å². The number of benzene rings is 2. The van der Waals surface area contributed by atoms with Crippen LogP contribution in [0.15, 0.2) is 30.3 Å². The lowest BCUT2D eigenvalue weighted by Gasteiger charge is -2.30. The van der Waals surface area contributed by atoms with E-state index in [1.54, 1.807) is 0 Å². The zero-order valence-corrected chi connectivity index (χ0v) is 19.5. The summed E-state index contributed by atoms with van der Waals surface area (Å²) in [5, 5.41) is 0. The number of hydrogen-bond donors (Lipinski definition) is 0. The van der Waals surface area contributed by atoms with Crippen LogP contribution in [0.3, 0.4) is 0 Å². The fourth-order valence-corrected chi connectivity index (χ4v) is 3.75. The first-order chi connectivity index (χ1) is 17.3. The van der Waals surface area contributed by atoms with Crippen molar-refractivity contribution in [1.29, 1.82) is 0 Å². The maximum Gasteiger partial charge on any atom is 0.432 e. The van der Waals surface area contributed by atoms with Gasteiger partial charge >= 0.3 is 12.3 Å². The first kappa shape index (κ1) is 28.8. The van der Waals surface area contributed by atoms with Crippen LogP contribution in [0.1, 0.15) is 55.6 Å². The van der Waals surface area contributed by atoms with Crippen LogP contribution in [0.25, 0.3) is 6.08 Å². The highest BCUT2D eigenvalue weighted by atomic mass is 19.4. The first-order valence-electron chi connectivity index (χ1n) is 11.3. The molecule has 1 aliphatic rings. The van der Waals surface area contributed by atoms with Gasteiger partial charge in [-0.2, -0.15) is 22.0 Å². The SMILES string of the molecule is CCCCCC1COC(c2cc(F)c(C(F)(F)Oc3cc(F)c(C=CC(F)(F)F)c(F)c3)c(F)c2)OC1. The van der Waals surface area contributed by atoms with Gasteiger partial charge in [-0.15, -0.1) is 0 Å². The van der Waals surface area contributed by atoms with Crippen molar-refractivity contribution in [2.45, 2.75) is 51.2 Å². The Balaban J connectivity index is 1.75. The normalized spacial score (nSPS) is 19.0. The Morgan fingerprint density at radius 3 is 1.95 bits per heavy atom. The lowest BCUT2D eigenvalue weighted by molar-refractivity contribution is -0.206. The van der Waals surface area contributed by atoms with Crippen molar-refractivity contribution >= 4 is 6.08 Å². The summed E-state index contributed by atoms with van der Waals surface area (Å²) in [7, 11) is 0. The van der Waals surface area contributed by atoms with Crippen LogP contribution in [0, 0.1) is 29.2 Å². The van der Waals surface area contributed by atoms with E-state index in [0.29, 0.717) is 12.1 Å². The predicted molar refractivity (Wildman–Crippen MR) is 115 cm³/mol. The Morgan fingerprint density at radius 1 is 0.865 bits per heavy atom. The zero-order chi connectivity index (χ0) is 27.4. The van der Waals surface area contributed by atoms with E-state index in [4.69, 9.17) is 9.47 Å². The van der Waals surface area contributed by atoms with E-state index in [1.807, 2.05) is 0 Å². The molecule has 3 rings (SSSR count). The van der Waals surface area contributed by atoms with Crippen LogP contribution in [0.2, 0.25) is 0 Å². The second-order valence-corrected chi connectivity index (χ2v) is 8.51. The molecule has 1 fully saturated rings. The molecular formula is C25H23F9O3. The Kier molecular flexibility index (Phi) is 9.17. The third-order valence-electron chi connectivity index (χ3n) is 5.55. The quantitative estimate of drug-likeness (QED) is 0.236. The van der Waals surface area contributed by atoms with Gasteiger partial charge in [-0.1, -0.05) is 26.2 Å². The number of allylic oxidation sites excluding steroid dienone is 1. The molecule has 0 saturated carbocycles. The molecule has 204 valence electrons. The summed E-state index contributed by atoms with van der Waals surface area (Å²) >= 11 is 0. The molecule has 0 aliphatic carbocycles. The highest BCUT2D eigenvalue weighted by Gasteiger charge is 2.42. The smallest absolute Gasteiger partial charge is 0.429 e. The third-order valence-corrected chi connectivity index (χ3v) is 5.55. The van der Waals surface area contributed by atoms with Gasteiger partial charge in [-0.3, -0.25) is 0 Å². The highest BCUT2D eigenvalue weighted by Crippen LogP contribution is 2.38. The van der Waals surface area contributed by atoms with Gasteiger partial charge in [-0.25, -0.2) is 17.6 Å². The molecule has 1 heterocycles. The van der Waals surface area contributed by atoms with Crippen LogP contribution in [-0.4, -0.2) is 19.4 Å². The average Bonchev–Trinajstić information content (AvgIpc) is 2.77. The summed E-state index contributed by atoms with van der Waals surface area (Å²) in [6.07, 6.45) is -7.33. The van der Waals surface area contributed by atoms with Gasteiger partial charge in [0.05, 0.1) is 13.2 Å². The van der Waals surface area contributed by atoms with Gasteiger partial charge in [0.1, 0.15) is 34.6 Å². The van der Waals surface area contributed by atoms with Gasteiger partial charge in [0.15, 0.2) is 6.29 Å². The topological polar surface area (TPSA) is 27.7 Å². The van der Waals surface area contributed by atoms with Gasteiger partial charge in [0.2, 0.25) is 0 Å². The van der Waals surface area contributed by atoms with Crippen molar-refractivity contribution in [1.82, 2.24) is 0 Å². The van der Waals surface area contributed by atoms with Crippen molar-refractivity contribution in [2.24, 2.45) is 5.92 Å². The first-order valence-corrected chi connectivity index (χ1v) is 11.3. The average molecular weight is 542 g/mol. The molecule has 0 atom stereocenters. The van der Waals surface area contributed by atoms with Crippen molar-refractivity contribution < 1.29 is 53.7 Å². The molecule has 1 saturated heterocycles. The standard InChI is InChI=1S/C25H23F9O3/c1-2-3-4-5-14-12-35-23(36-13-14)15-8-20(28)22(21(29)9-15)25(33,34)37-16-10-18(26)17(19(27)11-16)6-7-24(30,31)32/h6-11,14,23H,2-5,12-13H2,1H3. The largest absolute Gasteiger partial charge is 0.432 e. The minimum absolute atomic E-state index is 0.0630. The van der Waals surface area contributed by atoms with E-state index in [1.165, 1.54) is 0 Å². The molecule has 0 N–H and O–H groups in total. The van der Waals surface area contributed by atoms with E-state index in [0.717, 1.165) is 25.7 Å². The molecule has 2 aromatic rings. The molecule has 1 aliphatic heterocycles. The van der Waals surface area contributed by atoms with Gasteiger partial charge < -0.3 is 14.2 Å². The van der Waals surface area contributed by atoms with Crippen LogP contribution < -0.4 is 4.74 Å². The molecule has 2 aromatic carbocycles. The second kappa shape index (κ2) is 11.8. The molecule has 0 aromatic heterocycles. The van der Waals surface area contributed by atoms with Gasteiger partial charge in [0.25, 0.3) is 0 Å². The summed E-state index contributed by atoms with van der Waals surface area (Å²) in [6, 6.07) is 1.48. The lowest BCUT2D eigenvalue weighted by atomic mass is 10.0. The summed E-state index contributed by atoms with van der Waals surface area (Å²) in [5.41, 5.74) is -3.21. The number of ether oxygens (including phenoxy) is 3. The second-order valence-electron chi connectivity index (χ2n) is 8.51. The highest BCUT2D eigenvalue weighted by molar-refractivity contribution is 5.53. The van der Waals surface area contributed by atoms with Crippen molar-refractivity contribution in [3.05, 3.63) is 70.3 Å². The van der Waals surface area contributed by atoms with Crippen molar-refractivity contribution in [3.63, 3.8) is 0 Å². The summed E-state index contributed by atoms with van der Waals surface area (Å²) < 4.78 is 138. The molecule has 0 radical (unpaired) electrons. The lowest BCUT2D eigenvalue weighted by Crippen LogP contribution is -2.28. The molecule has 0 bridgehead atoms. The zero-order valence-electron chi connectivity index (χ0n) is 19.5. The maximum absolute atomic E-state index is 14.6. The summed E-state index contributed by atoms with van der Waals surface area (Å²) in [4.78, 5) is 0. The molecular weight excluding hydrogens is 519 g/mol. The fraction of sp³-hybridized carbons (Fsp3) is 0.440. The molecule has 0 spiro atoms. The van der Waals surface area contributed by atoms with Crippen molar-refractivity contribution in [3.8, 4) is 5.75 Å². The number of hydrogen-bond acceptors (Lipinski definition) is 3. The third kappa shape index (κ3) is 7.64. The van der Waals surface area contributed by atoms with Gasteiger partial charge in [-0.05, 0) is 24.6 Å². The number of rotatable bonds is 9. The monoisotopic (exact) mass is 542 g/mol. The summed E-state index contributed by atoms with van der Waals surface area (Å²) in [6.45, 7) is 2.56. The number of unbranched alkanes of at least 4 members (excludes halogenated alkanes) is 2. The van der Waals surface area contributed by atoms with Crippen molar-refractivity contribution in [2.75, 3.05) is 13.2 Å². The molecule has 0 amide bonds. The number of alkyl halides is 5. The number of halogens is 9. The Bertz CT molecular complexity index is 1060. The predicted octanol–water partition coefficient (Wildman–Crippen LogP) is 8.19. The van der Waals surface area contributed by atoms with Crippen LogP contribution in [0.5, 0.6) is 5.75 Å². The van der Waals surface area contributed by atoms with Gasteiger partial charge in [0, 0.05) is 35.3 Å².